The number of aryl methyl sites for hydroxylation is 2. The number of nitrogens with one attached hydrogen (secondary N) is 1. The van der Waals surface area contributed by atoms with Crippen molar-refractivity contribution in [2.45, 2.75) is 62.5 Å². The van der Waals surface area contributed by atoms with Crippen molar-refractivity contribution >= 4 is 16.0 Å². The highest BCUT2D eigenvalue weighted by Crippen LogP contribution is 2.25. The van der Waals surface area contributed by atoms with Crippen molar-refractivity contribution < 1.29 is 27.8 Å². The lowest BCUT2D eigenvalue weighted by Crippen LogP contribution is -2.46. The molecule has 3 aromatic carbocycles. The molecule has 3 N–H and O–H groups in total. The van der Waals surface area contributed by atoms with Gasteiger partial charge >= 0.3 is 5.97 Å². The van der Waals surface area contributed by atoms with Crippen molar-refractivity contribution in [3.05, 3.63) is 89.7 Å². The fourth-order valence-electron chi connectivity index (χ4n) is 4.50. The van der Waals surface area contributed by atoms with E-state index in [1.54, 1.807) is 24.3 Å². The summed E-state index contributed by atoms with van der Waals surface area (Å²) in [6.45, 7) is 4.22. The number of hydrogen-bond acceptors (Lipinski definition) is 5. The summed E-state index contributed by atoms with van der Waals surface area (Å²) in [7, 11) is -2.41. The minimum absolute atomic E-state index is 0.0209. The van der Waals surface area contributed by atoms with E-state index in [9.17, 15) is 22.7 Å². The summed E-state index contributed by atoms with van der Waals surface area (Å²) in [5.41, 5.74) is 3.16. The number of β-amino-alcohol motifs (C(OH)–C–C–N with tert-alkyl or cyclic N) is 1. The summed E-state index contributed by atoms with van der Waals surface area (Å²) in [4.78, 5) is 11.0. The highest BCUT2D eigenvalue weighted by atomic mass is 32.2. The van der Waals surface area contributed by atoms with Gasteiger partial charge < -0.3 is 15.5 Å². The van der Waals surface area contributed by atoms with E-state index < -0.39 is 22.1 Å². The Bertz CT molecular complexity index is 1380. The Balaban J connectivity index is 1.56. The Morgan fingerprint density at radius 3 is 2.30 bits per heavy atom. The summed E-state index contributed by atoms with van der Waals surface area (Å²) in [5.74, 6) is -1.12. The van der Waals surface area contributed by atoms with Gasteiger partial charge in [0.25, 0.3) is 0 Å². The van der Waals surface area contributed by atoms with Crippen molar-refractivity contribution in [1.29, 1.82) is 0 Å². The van der Waals surface area contributed by atoms with Crippen LogP contribution in [0.25, 0.3) is 11.1 Å². The van der Waals surface area contributed by atoms with Gasteiger partial charge in [0.2, 0.25) is 10.0 Å². The summed E-state index contributed by atoms with van der Waals surface area (Å²) in [5, 5.41) is 22.9. The number of aliphatic carboxylic acids is 1. The highest BCUT2D eigenvalue weighted by molar-refractivity contribution is 7.89. The van der Waals surface area contributed by atoms with Gasteiger partial charge in [0.1, 0.15) is 5.82 Å². The molecule has 0 unspecified atom stereocenters. The van der Waals surface area contributed by atoms with Crippen LogP contribution in [0.4, 0.5) is 4.39 Å². The number of sulfonamides is 1. The molecule has 0 aliphatic heterocycles. The Morgan fingerprint density at radius 1 is 0.975 bits per heavy atom. The zero-order chi connectivity index (χ0) is 29.3. The van der Waals surface area contributed by atoms with Crippen LogP contribution in [0.2, 0.25) is 0 Å². The second kappa shape index (κ2) is 14.0. The van der Waals surface area contributed by atoms with Crippen LogP contribution in [0.5, 0.6) is 0 Å². The van der Waals surface area contributed by atoms with Gasteiger partial charge in [-0.15, -0.1) is 0 Å². The van der Waals surface area contributed by atoms with Gasteiger partial charge in [0.15, 0.2) is 0 Å². The first kappa shape index (κ1) is 31.4. The summed E-state index contributed by atoms with van der Waals surface area (Å²) in [6.07, 6.45) is 2.03. The van der Waals surface area contributed by atoms with Crippen LogP contribution in [0.1, 0.15) is 44.2 Å². The van der Waals surface area contributed by atoms with E-state index in [0.717, 1.165) is 40.3 Å². The van der Waals surface area contributed by atoms with E-state index in [1.165, 1.54) is 25.2 Å². The van der Waals surface area contributed by atoms with Gasteiger partial charge in [0, 0.05) is 32.1 Å². The smallest absolute Gasteiger partial charge is 0.303 e. The van der Waals surface area contributed by atoms with Gasteiger partial charge in [-0.2, -0.15) is 4.31 Å². The Labute approximate surface area is 236 Å². The maximum Gasteiger partial charge on any atom is 0.303 e. The lowest BCUT2D eigenvalue weighted by molar-refractivity contribution is -0.136. The van der Waals surface area contributed by atoms with E-state index in [2.05, 4.69) is 5.32 Å². The summed E-state index contributed by atoms with van der Waals surface area (Å²) in [6, 6.07) is 20.5. The number of aliphatic hydroxyl groups excluding tert-OH is 1. The Kier molecular flexibility index (Phi) is 11.0. The molecule has 3 aromatic rings. The molecule has 0 saturated heterocycles. The van der Waals surface area contributed by atoms with E-state index in [4.69, 9.17) is 5.11 Å². The largest absolute Gasteiger partial charge is 0.481 e. The van der Waals surface area contributed by atoms with E-state index in [1.807, 2.05) is 44.2 Å². The molecule has 0 aliphatic carbocycles. The molecule has 216 valence electrons. The zero-order valence-corrected chi connectivity index (χ0v) is 24.1. The fraction of sp³-hybridized carbons (Fsp3) is 0.387. The summed E-state index contributed by atoms with van der Waals surface area (Å²) >= 11 is 0. The molecule has 0 aromatic heterocycles. The minimum Gasteiger partial charge on any atom is -0.481 e. The maximum atomic E-state index is 13.3. The maximum absolute atomic E-state index is 13.3. The fourth-order valence-corrected chi connectivity index (χ4v) is 5.76. The Hall–Kier alpha value is -3.11. The molecule has 0 aliphatic rings. The number of halogens is 1. The molecular formula is C31H39FN2O5S. The van der Waals surface area contributed by atoms with Gasteiger partial charge in [-0.3, -0.25) is 4.79 Å². The predicted molar refractivity (Wildman–Crippen MR) is 155 cm³/mol. The molecule has 0 amide bonds. The lowest BCUT2D eigenvalue weighted by Gasteiger charge is -2.29. The standard InChI is InChI=1S/C31H39FN2O5S/c1-31(2,18-6-8-23-12-15-27(32)16-13-23)33-21-28(35)22-34(3)40(38,39)29-11-5-10-26(20-29)25-9-4-7-24(19-25)14-17-30(36)37/h4-5,7,9-13,15-16,19-20,28,33,35H,6,8,14,17-18,21-22H2,1-3H3,(H,36,37)/t28-/m1/s1. The first-order chi connectivity index (χ1) is 18.9. The number of aliphatic hydroxyl groups is 1. The third kappa shape index (κ3) is 9.52. The molecule has 1 atom stereocenters. The first-order valence-electron chi connectivity index (χ1n) is 13.4. The van der Waals surface area contributed by atoms with Gasteiger partial charge in [0.05, 0.1) is 11.0 Å². The van der Waals surface area contributed by atoms with Crippen molar-refractivity contribution in [1.82, 2.24) is 9.62 Å². The molecule has 3 rings (SSSR count). The van der Waals surface area contributed by atoms with Crippen molar-refractivity contribution in [3.63, 3.8) is 0 Å². The quantitative estimate of drug-likeness (QED) is 0.240. The molecule has 0 bridgehead atoms. The monoisotopic (exact) mass is 570 g/mol. The minimum atomic E-state index is -3.86. The van der Waals surface area contributed by atoms with Crippen molar-refractivity contribution in [2.24, 2.45) is 0 Å². The SMILES string of the molecule is CN(C[C@H](O)CNC(C)(C)CCCc1ccc(F)cc1)S(=O)(=O)c1cccc(-c2cccc(CCC(=O)O)c2)c1. The number of hydrogen-bond donors (Lipinski definition) is 3. The van der Waals surface area contributed by atoms with Crippen LogP contribution in [-0.4, -0.2) is 60.7 Å². The second-order valence-corrected chi connectivity index (χ2v) is 12.9. The highest BCUT2D eigenvalue weighted by Gasteiger charge is 2.25. The van der Waals surface area contributed by atoms with E-state index in [0.29, 0.717) is 12.0 Å². The number of nitrogens with zero attached hydrogens (tertiary/aromatic N) is 1. The van der Waals surface area contributed by atoms with E-state index in [-0.39, 0.29) is 35.8 Å². The first-order valence-corrected chi connectivity index (χ1v) is 14.8. The molecule has 0 heterocycles. The second-order valence-electron chi connectivity index (χ2n) is 10.8. The zero-order valence-electron chi connectivity index (χ0n) is 23.3. The van der Waals surface area contributed by atoms with Crippen LogP contribution in [0.3, 0.4) is 0 Å². The number of carboxylic acids is 1. The number of benzene rings is 3. The average molecular weight is 571 g/mol. The van der Waals surface area contributed by atoms with Crippen LogP contribution in [-0.2, 0) is 27.7 Å². The number of carbonyl (C=O) groups is 1. The third-order valence-corrected chi connectivity index (χ3v) is 8.71. The molecule has 0 saturated carbocycles. The van der Waals surface area contributed by atoms with Crippen LogP contribution < -0.4 is 5.32 Å². The van der Waals surface area contributed by atoms with E-state index >= 15 is 0 Å². The predicted octanol–water partition coefficient (Wildman–Crippen LogP) is 4.88. The van der Waals surface area contributed by atoms with Crippen LogP contribution in [0, 0.1) is 5.82 Å². The average Bonchev–Trinajstić information content (AvgIpc) is 2.92. The Morgan fingerprint density at radius 2 is 1.62 bits per heavy atom. The number of likely N-dealkylation sites (N-methyl/N-ethyl adjacent to an activating group) is 1. The topological polar surface area (TPSA) is 107 Å². The van der Waals surface area contributed by atoms with Gasteiger partial charge in [-0.25, -0.2) is 12.8 Å². The molecule has 40 heavy (non-hydrogen) atoms. The van der Waals surface area contributed by atoms with Crippen molar-refractivity contribution in [3.8, 4) is 11.1 Å². The van der Waals surface area contributed by atoms with Crippen LogP contribution >= 0.6 is 0 Å². The molecular weight excluding hydrogens is 531 g/mol. The number of carboxylic acid groups (broad SMARTS) is 1. The van der Waals surface area contributed by atoms with Gasteiger partial charge in [-0.05, 0) is 86.1 Å². The van der Waals surface area contributed by atoms with Crippen LogP contribution in [0.15, 0.2) is 77.7 Å². The summed E-state index contributed by atoms with van der Waals surface area (Å²) < 4.78 is 40.8. The molecule has 0 fully saturated rings. The molecule has 0 radical (unpaired) electrons. The third-order valence-electron chi connectivity index (χ3n) is 6.89. The van der Waals surface area contributed by atoms with Gasteiger partial charge in [-0.1, -0.05) is 48.5 Å². The van der Waals surface area contributed by atoms with Crippen molar-refractivity contribution in [2.75, 3.05) is 20.1 Å². The number of rotatable bonds is 15. The lowest BCUT2D eigenvalue weighted by atomic mass is 9.95. The molecule has 0 spiro atoms. The normalized spacial score (nSPS) is 12.9. The molecule has 9 heteroatoms. The molecule has 7 nitrogen and oxygen atoms in total.